The lowest BCUT2D eigenvalue weighted by Gasteiger charge is -1.89. The Bertz CT molecular complexity index is 103. The Morgan fingerprint density at radius 3 is 1.21 bits per heavy atom. The molecule has 10 N–H and O–H groups in total. The molecule has 0 saturated carbocycles. The van der Waals surface area contributed by atoms with Crippen LogP contribution in [0.3, 0.4) is 0 Å². The molecule has 0 aromatic carbocycles. The first-order valence-corrected chi connectivity index (χ1v) is 4.18. The molecule has 0 aliphatic heterocycles. The molecular weight excluding hydrogens is 188 g/mol. The van der Waals surface area contributed by atoms with Crippen molar-refractivity contribution < 1.29 is 15.0 Å². The van der Waals surface area contributed by atoms with Gasteiger partial charge in [0.2, 0.25) is 0 Å². The zero-order valence-corrected chi connectivity index (χ0v) is 8.52. The van der Waals surface area contributed by atoms with E-state index in [9.17, 15) is 4.79 Å². The van der Waals surface area contributed by atoms with Crippen LogP contribution in [-0.4, -0.2) is 48.5 Å². The quantitative estimate of drug-likeness (QED) is 0.294. The number of hydrogen-bond acceptors (Lipinski definition) is 6. The van der Waals surface area contributed by atoms with Gasteiger partial charge < -0.3 is 33.1 Å². The normalized spacial score (nSPS) is 10.1. The van der Waals surface area contributed by atoms with Gasteiger partial charge in [-0.15, -0.1) is 0 Å². The van der Waals surface area contributed by atoms with Crippen molar-refractivity contribution >= 4 is 5.97 Å². The maximum absolute atomic E-state index is 9.45. The van der Waals surface area contributed by atoms with E-state index >= 15 is 0 Å². The SMILES string of the molecule is CC(O)C(=O)O.NCCN.NCCN. The number of carboxylic acids is 1. The number of hydrogen-bond donors (Lipinski definition) is 6. The van der Waals surface area contributed by atoms with Crippen LogP contribution in [0.15, 0.2) is 0 Å². The van der Waals surface area contributed by atoms with Crippen LogP contribution < -0.4 is 22.9 Å². The number of nitrogens with two attached hydrogens (primary N) is 4. The lowest BCUT2D eigenvalue weighted by atomic mass is 10.4. The number of aliphatic hydroxyl groups excluding tert-OH is 1. The lowest BCUT2D eigenvalue weighted by molar-refractivity contribution is -0.145. The second kappa shape index (κ2) is 18.1. The fraction of sp³-hybridized carbons (Fsp3) is 0.857. The van der Waals surface area contributed by atoms with Crippen LogP contribution in [0.1, 0.15) is 6.92 Å². The van der Waals surface area contributed by atoms with E-state index < -0.39 is 12.1 Å². The first-order chi connectivity index (χ1) is 6.47. The van der Waals surface area contributed by atoms with Crippen LogP contribution in [0, 0.1) is 0 Å². The molecular formula is C7H22N4O3. The van der Waals surface area contributed by atoms with E-state index in [0.717, 1.165) is 0 Å². The van der Waals surface area contributed by atoms with Gasteiger partial charge in [-0.2, -0.15) is 0 Å². The lowest BCUT2D eigenvalue weighted by Crippen LogP contribution is -2.13. The summed E-state index contributed by atoms with van der Waals surface area (Å²) in [6.07, 6.45) is -1.23. The maximum atomic E-state index is 9.45. The number of aliphatic carboxylic acids is 1. The highest BCUT2D eigenvalue weighted by atomic mass is 16.4. The Hall–Kier alpha value is -0.730. The summed E-state index contributed by atoms with van der Waals surface area (Å²) in [5, 5.41) is 15.8. The number of carboxylic acid groups (broad SMARTS) is 1. The van der Waals surface area contributed by atoms with Gasteiger partial charge in [0.1, 0.15) is 6.10 Å². The average Bonchev–Trinajstić information content (AvgIpc) is 2.18. The molecule has 1 atom stereocenters. The van der Waals surface area contributed by atoms with Gasteiger partial charge in [0.25, 0.3) is 0 Å². The number of aliphatic hydroxyl groups is 1. The van der Waals surface area contributed by atoms with E-state index in [-0.39, 0.29) is 0 Å². The third-order valence-corrected chi connectivity index (χ3v) is 0.691. The maximum Gasteiger partial charge on any atom is 0.332 e. The minimum Gasteiger partial charge on any atom is -0.479 e. The molecule has 14 heavy (non-hydrogen) atoms. The molecule has 0 amide bonds. The molecule has 7 heteroatoms. The molecule has 0 fully saturated rings. The molecule has 0 bridgehead atoms. The molecule has 0 rings (SSSR count). The van der Waals surface area contributed by atoms with E-state index in [1.54, 1.807) is 0 Å². The van der Waals surface area contributed by atoms with Crippen LogP contribution in [0.5, 0.6) is 0 Å². The first-order valence-electron chi connectivity index (χ1n) is 4.18. The monoisotopic (exact) mass is 210 g/mol. The molecule has 1 unspecified atom stereocenters. The van der Waals surface area contributed by atoms with Crippen LogP contribution in [-0.2, 0) is 4.79 Å². The summed E-state index contributed by atoms with van der Waals surface area (Å²) >= 11 is 0. The van der Waals surface area contributed by atoms with Gasteiger partial charge in [-0.05, 0) is 6.92 Å². The predicted molar refractivity (Wildman–Crippen MR) is 55.5 cm³/mol. The average molecular weight is 210 g/mol. The van der Waals surface area contributed by atoms with Gasteiger partial charge in [0.15, 0.2) is 0 Å². The summed E-state index contributed by atoms with van der Waals surface area (Å²) in [6.45, 7) is 3.59. The van der Waals surface area contributed by atoms with E-state index in [1.807, 2.05) is 0 Å². The Kier molecular flexibility index (Phi) is 24.5. The fourth-order valence-electron chi connectivity index (χ4n) is 0. The standard InChI is InChI=1S/C3H6O3.2C2H8N2/c1-2(4)3(5)6;2*3-1-2-4/h2,4H,1H3,(H,5,6);2*1-4H2. The summed E-state index contributed by atoms with van der Waals surface area (Å²) in [7, 11) is 0. The van der Waals surface area contributed by atoms with E-state index in [2.05, 4.69) is 0 Å². The highest BCUT2D eigenvalue weighted by Gasteiger charge is 2.01. The Balaban J connectivity index is -0.000000135. The van der Waals surface area contributed by atoms with Crippen molar-refractivity contribution in [2.75, 3.05) is 26.2 Å². The molecule has 0 aromatic rings. The largest absolute Gasteiger partial charge is 0.479 e. The van der Waals surface area contributed by atoms with Gasteiger partial charge in [-0.3, -0.25) is 0 Å². The third-order valence-electron chi connectivity index (χ3n) is 0.691. The number of carbonyl (C=O) groups is 1. The summed E-state index contributed by atoms with van der Waals surface area (Å²) in [5.41, 5.74) is 19.6. The third kappa shape index (κ3) is 42.8. The minimum absolute atomic E-state index is 0.597. The van der Waals surface area contributed by atoms with Crippen molar-refractivity contribution in [3.8, 4) is 0 Å². The molecule has 88 valence electrons. The van der Waals surface area contributed by atoms with Gasteiger partial charge in [0, 0.05) is 26.2 Å². The summed E-state index contributed by atoms with van der Waals surface area (Å²) in [4.78, 5) is 9.45. The van der Waals surface area contributed by atoms with Crippen molar-refractivity contribution in [1.82, 2.24) is 0 Å². The van der Waals surface area contributed by atoms with Crippen molar-refractivity contribution in [1.29, 1.82) is 0 Å². The number of rotatable bonds is 3. The van der Waals surface area contributed by atoms with E-state index in [0.29, 0.717) is 26.2 Å². The van der Waals surface area contributed by atoms with Crippen LogP contribution in [0.4, 0.5) is 0 Å². The van der Waals surface area contributed by atoms with Crippen molar-refractivity contribution in [2.45, 2.75) is 13.0 Å². The fourth-order valence-corrected chi connectivity index (χ4v) is 0. The molecule has 0 aliphatic rings. The van der Waals surface area contributed by atoms with Gasteiger partial charge in [-0.1, -0.05) is 0 Å². The zero-order valence-electron chi connectivity index (χ0n) is 8.52. The smallest absolute Gasteiger partial charge is 0.332 e. The predicted octanol–water partition coefficient (Wildman–Crippen LogP) is -2.74. The van der Waals surface area contributed by atoms with Crippen molar-refractivity contribution in [3.05, 3.63) is 0 Å². The van der Waals surface area contributed by atoms with Gasteiger partial charge in [-0.25, -0.2) is 4.79 Å². The summed E-state index contributed by atoms with van der Waals surface area (Å²) in [6, 6.07) is 0. The Labute approximate surface area is 84.1 Å². The van der Waals surface area contributed by atoms with E-state index in [1.165, 1.54) is 6.92 Å². The molecule has 7 nitrogen and oxygen atoms in total. The first kappa shape index (κ1) is 18.9. The summed E-state index contributed by atoms with van der Waals surface area (Å²) in [5.74, 6) is -1.19. The Morgan fingerprint density at radius 2 is 1.21 bits per heavy atom. The molecule has 0 spiro atoms. The molecule has 0 aliphatic carbocycles. The van der Waals surface area contributed by atoms with Crippen LogP contribution >= 0.6 is 0 Å². The van der Waals surface area contributed by atoms with Crippen LogP contribution in [0.25, 0.3) is 0 Å². The molecule has 0 aromatic heterocycles. The summed E-state index contributed by atoms with van der Waals surface area (Å²) < 4.78 is 0. The highest BCUT2D eigenvalue weighted by Crippen LogP contribution is 1.73. The van der Waals surface area contributed by atoms with Gasteiger partial charge in [0.05, 0.1) is 0 Å². The highest BCUT2D eigenvalue weighted by molar-refractivity contribution is 5.71. The second-order valence-corrected chi connectivity index (χ2v) is 2.17. The van der Waals surface area contributed by atoms with E-state index in [4.69, 9.17) is 33.1 Å². The second-order valence-electron chi connectivity index (χ2n) is 2.17. The minimum atomic E-state index is -1.23. The molecule has 0 heterocycles. The topological polar surface area (TPSA) is 162 Å². The van der Waals surface area contributed by atoms with Crippen molar-refractivity contribution in [2.24, 2.45) is 22.9 Å². The molecule has 0 saturated heterocycles. The van der Waals surface area contributed by atoms with Crippen molar-refractivity contribution in [3.63, 3.8) is 0 Å². The molecule has 0 radical (unpaired) electrons. The zero-order chi connectivity index (χ0) is 12.0. The van der Waals surface area contributed by atoms with Crippen LogP contribution in [0.2, 0.25) is 0 Å². The van der Waals surface area contributed by atoms with Gasteiger partial charge >= 0.3 is 5.97 Å². The Morgan fingerprint density at radius 1 is 1.07 bits per heavy atom.